The molecule has 0 aliphatic carbocycles. The van der Waals surface area contributed by atoms with E-state index in [0.717, 1.165) is 28.9 Å². The van der Waals surface area contributed by atoms with Gasteiger partial charge in [0, 0.05) is 12.7 Å². The summed E-state index contributed by atoms with van der Waals surface area (Å²) in [5.74, 6) is 0. The number of rotatable bonds is 3. The minimum absolute atomic E-state index is 0.463. The average Bonchev–Trinajstić information content (AvgIpc) is 3.14. The first-order valence-corrected chi connectivity index (χ1v) is 8.59. The van der Waals surface area contributed by atoms with Crippen LogP contribution in [0, 0.1) is 13.8 Å². The zero-order valence-corrected chi connectivity index (χ0v) is 13.8. The molecule has 0 saturated carbocycles. The van der Waals surface area contributed by atoms with Crippen molar-refractivity contribution >= 4 is 21.4 Å². The van der Waals surface area contributed by atoms with E-state index in [1.54, 1.807) is 11.3 Å². The van der Waals surface area contributed by atoms with E-state index in [4.69, 9.17) is 5.10 Å². The lowest BCUT2D eigenvalue weighted by atomic mass is 10.0. The second kappa shape index (κ2) is 5.39. The smallest absolute Gasteiger partial charge is 0.214 e. The highest BCUT2D eigenvalue weighted by atomic mass is 32.1. The molecule has 0 amide bonds. The van der Waals surface area contributed by atoms with Crippen molar-refractivity contribution < 1.29 is 0 Å². The number of hydrogen-bond donors (Lipinski definition) is 0. The molecule has 0 unspecified atom stereocenters. The highest BCUT2D eigenvalue weighted by Crippen LogP contribution is 2.29. The summed E-state index contributed by atoms with van der Waals surface area (Å²) in [5.41, 5.74) is 2.23. The third kappa shape index (κ3) is 2.49. The van der Waals surface area contributed by atoms with Gasteiger partial charge >= 0.3 is 0 Å². The summed E-state index contributed by atoms with van der Waals surface area (Å²) in [4.78, 5) is 7.93. The Bertz CT molecular complexity index is 754. The van der Waals surface area contributed by atoms with Crippen LogP contribution >= 0.6 is 11.3 Å². The van der Waals surface area contributed by atoms with Gasteiger partial charge in [-0.05, 0) is 38.7 Å². The fourth-order valence-corrected chi connectivity index (χ4v) is 4.17. The van der Waals surface area contributed by atoms with Crippen molar-refractivity contribution in [3.05, 3.63) is 29.8 Å². The molecule has 0 spiro atoms. The summed E-state index contributed by atoms with van der Waals surface area (Å²) in [7, 11) is 0. The first-order chi connectivity index (χ1) is 10.7. The molecule has 1 aliphatic heterocycles. The molecule has 1 aliphatic rings. The first kappa shape index (κ1) is 13.8. The number of nitrogens with zero attached hydrogens (tertiary/aromatic N) is 6. The van der Waals surface area contributed by atoms with Gasteiger partial charge in [0.2, 0.25) is 10.1 Å². The Morgan fingerprint density at radius 3 is 2.95 bits per heavy atom. The lowest BCUT2D eigenvalue weighted by Crippen LogP contribution is -2.42. The Balaban J connectivity index is 1.60. The van der Waals surface area contributed by atoms with Gasteiger partial charge in [-0.3, -0.25) is 4.68 Å². The minimum Gasteiger partial charge on any atom is -0.342 e. The van der Waals surface area contributed by atoms with E-state index < -0.39 is 0 Å². The standard InChI is InChI=1S/C15H20N6S/c1-11-7-16-19(8-11)10-13-5-3-4-6-20(13)15-18-21-9-12(2)17-14(21)22-15/h7-9,13H,3-6,10H2,1-2H3/t13-/m1/s1. The Morgan fingerprint density at radius 1 is 1.27 bits per heavy atom. The first-order valence-electron chi connectivity index (χ1n) is 7.77. The molecule has 116 valence electrons. The van der Waals surface area contributed by atoms with Crippen LogP contribution in [0.15, 0.2) is 18.6 Å². The van der Waals surface area contributed by atoms with Gasteiger partial charge < -0.3 is 4.90 Å². The molecule has 7 heteroatoms. The van der Waals surface area contributed by atoms with Crippen LogP contribution in [0.2, 0.25) is 0 Å². The lowest BCUT2D eigenvalue weighted by Gasteiger charge is -2.35. The summed E-state index contributed by atoms with van der Waals surface area (Å²) in [6.07, 6.45) is 9.74. The monoisotopic (exact) mass is 316 g/mol. The van der Waals surface area contributed by atoms with Crippen LogP contribution in [-0.2, 0) is 6.54 Å². The Labute approximate surface area is 133 Å². The van der Waals surface area contributed by atoms with Crippen LogP contribution in [0.3, 0.4) is 0 Å². The molecule has 3 aromatic heterocycles. The number of aryl methyl sites for hydroxylation is 2. The molecular formula is C15H20N6S. The quantitative estimate of drug-likeness (QED) is 0.745. The van der Waals surface area contributed by atoms with E-state index in [-0.39, 0.29) is 0 Å². The van der Waals surface area contributed by atoms with Crippen LogP contribution in [0.25, 0.3) is 4.96 Å². The second-order valence-electron chi connectivity index (χ2n) is 6.08. The molecule has 0 aromatic carbocycles. The summed E-state index contributed by atoms with van der Waals surface area (Å²) in [6.45, 7) is 6.08. The molecule has 4 rings (SSSR count). The van der Waals surface area contributed by atoms with Gasteiger partial charge in [-0.25, -0.2) is 9.50 Å². The van der Waals surface area contributed by atoms with Crippen molar-refractivity contribution in [2.24, 2.45) is 0 Å². The van der Waals surface area contributed by atoms with E-state index in [9.17, 15) is 0 Å². The van der Waals surface area contributed by atoms with E-state index in [2.05, 4.69) is 32.8 Å². The van der Waals surface area contributed by atoms with Crippen LogP contribution in [0.1, 0.15) is 30.5 Å². The summed E-state index contributed by atoms with van der Waals surface area (Å²) < 4.78 is 3.96. The van der Waals surface area contributed by atoms with E-state index in [1.807, 2.05) is 23.8 Å². The molecule has 1 saturated heterocycles. The predicted molar refractivity (Wildman–Crippen MR) is 87.6 cm³/mol. The number of fused-ring (bicyclic) bond motifs is 1. The van der Waals surface area contributed by atoms with Crippen molar-refractivity contribution in [2.45, 2.75) is 45.7 Å². The maximum absolute atomic E-state index is 4.72. The van der Waals surface area contributed by atoms with Crippen molar-refractivity contribution in [3.8, 4) is 0 Å². The van der Waals surface area contributed by atoms with Gasteiger partial charge in [0.25, 0.3) is 0 Å². The topological polar surface area (TPSA) is 51.2 Å². The van der Waals surface area contributed by atoms with E-state index in [1.165, 1.54) is 24.8 Å². The highest BCUT2D eigenvalue weighted by molar-refractivity contribution is 7.20. The molecular weight excluding hydrogens is 296 g/mol. The van der Waals surface area contributed by atoms with Crippen molar-refractivity contribution in [3.63, 3.8) is 0 Å². The Morgan fingerprint density at radius 2 is 2.18 bits per heavy atom. The molecule has 1 atom stereocenters. The van der Waals surface area contributed by atoms with Crippen LogP contribution in [0.4, 0.5) is 5.13 Å². The Kier molecular flexibility index (Phi) is 3.37. The molecule has 3 aromatic rings. The number of aromatic nitrogens is 5. The van der Waals surface area contributed by atoms with E-state index in [0.29, 0.717) is 6.04 Å². The number of hydrogen-bond acceptors (Lipinski definition) is 5. The minimum atomic E-state index is 0.463. The molecule has 0 bridgehead atoms. The van der Waals surface area contributed by atoms with Gasteiger partial charge in [-0.2, -0.15) is 5.10 Å². The van der Waals surface area contributed by atoms with Crippen molar-refractivity contribution in [2.75, 3.05) is 11.4 Å². The van der Waals surface area contributed by atoms with Crippen LogP contribution in [0.5, 0.6) is 0 Å². The summed E-state index contributed by atoms with van der Waals surface area (Å²) in [5, 5.41) is 10.2. The maximum Gasteiger partial charge on any atom is 0.214 e. The van der Waals surface area contributed by atoms with Gasteiger partial charge in [-0.1, -0.05) is 11.3 Å². The van der Waals surface area contributed by atoms with Gasteiger partial charge in [0.05, 0.1) is 30.7 Å². The van der Waals surface area contributed by atoms with Gasteiger partial charge in [-0.15, -0.1) is 5.10 Å². The van der Waals surface area contributed by atoms with Crippen molar-refractivity contribution in [1.82, 2.24) is 24.4 Å². The van der Waals surface area contributed by atoms with E-state index >= 15 is 0 Å². The fourth-order valence-electron chi connectivity index (χ4n) is 3.14. The average molecular weight is 316 g/mol. The maximum atomic E-state index is 4.72. The van der Waals surface area contributed by atoms with Crippen molar-refractivity contribution in [1.29, 1.82) is 0 Å². The number of anilines is 1. The lowest BCUT2D eigenvalue weighted by molar-refractivity contribution is 0.397. The summed E-state index contributed by atoms with van der Waals surface area (Å²) >= 11 is 1.68. The largest absolute Gasteiger partial charge is 0.342 e. The zero-order valence-electron chi connectivity index (χ0n) is 12.9. The SMILES string of the molecule is Cc1cnn(C[C@H]2CCCCN2c2nn3cc(C)nc3s2)c1. The number of imidazole rings is 1. The molecule has 0 radical (unpaired) electrons. The number of piperidine rings is 1. The molecule has 1 fully saturated rings. The molecule has 6 nitrogen and oxygen atoms in total. The fraction of sp³-hybridized carbons (Fsp3) is 0.533. The molecule has 0 N–H and O–H groups in total. The second-order valence-corrected chi connectivity index (χ2v) is 7.01. The molecule has 22 heavy (non-hydrogen) atoms. The highest BCUT2D eigenvalue weighted by Gasteiger charge is 2.26. The van der Waals surface area contributed by atoms with Gasteiger partial charge in [0.15, 0.2) is 0 Å². The Hall–Kier alpha value is -1.89. The van der Waals surface area contributed by atoms with Gasteiger partial charge in [0.1, 0.15) is 0 Å². The van der Waals surface area contributed by atoms with Crippen LogP contribution in [-0.4, -0.2) is 37.0 Å². The zero-order chi connectivity index (χ0) is 15.1. The third-order valence-corrected chi connectivity index (χ3v) is 5.15. The summed E-state index contributed by atoms with van der Waals surface area (Å²) in [6, 6.07) is 0.463. The normalized spacial score (nSPS) is 19.2. The van der Waals surface area contributed by atoms with Crippen LogP contribution < -0.4 is 4.90 Å². The molecule has 4 heterocycles. The predicted octanol–water partition coefficient (Wildman–Crippen LogP) is 2.66. The third-order valence-electron chi connectivity index (χ3n) is 4.19.